The number of aryl methyl sites for hydroxylation is 1. The van der Waals surface area contributed by atoms with Crippen molar-refractivity contribution >= 4 is 29.1 Å². The van der Waals surface area contributed by atoms with Crippen LogP contribution in [0.25, 0.3) is 0 Å². The van der Waals surface area contributed by atoms with Gasteiger partial charge in [0, 0.05) is 11.8 Å². The van der Waals surface area contributed by atoms with Gasteiger partial charge in [-0.2, -0.15) is 0 Å². The fourth-order valence-corrected chi connectivity index (χ4v) is 3.25. The Morgan fingerprint density at radius 1 is 1.59 bits per heavy atom. The summed E-state index contributed by atoms with van der Waals surface area (Å²) in [5.74, 6) is -0.422. The molecular weight excluding hydrogens is 258 g/mol. The Kier molecular flexibility index (Phi) is 4.91. The molecule has 5 nitrogen and oxygen atoms in total. The highest BCUT2D eigenvalue weighted by molar-refractivity contribution is 8.01. The van der Waals surface area contributed by atoms with Crippen molar-refractivity contribution in [1.29, 1.82) is 0 Å². The van der Waals surface area contributed by atoms with E-state index < -0.39 is 11.5 Å². The van der Waals surface area contributed by atoms with E-state index in [1.807, 2.05) is 20.8 Å². The van der Waals surface area contributed by atoms with E-state index in [0.29, 0.717) is 5.75 Å². The van der Waals surface area contributed by atoms with Crippen molar-refractivity contribution in [2.75, 3.05) is 5.75 Å². The van der Waals surface area contributed by atoms with Crippen LogP contribution >= 0.6 is 23.1 Å². The number of nitrogens with one attached hydrogen (secondary N) is 1. The third-order valence-electron chi connectivity index (χ3n) is 2.07. The van der Waals surface area contributed by atoms with Crippen LogP contribution < -0.4 is 5.32 Å². The van der Waals surface area contributed by atoms with Crippen molar-refractivity contribution in [2.24, 2.45) is 0 Å². The van der Waals surface area contributed by atoms with E-state index >= 15 is 0 Å². The largest absolute Gasteiger partial charge is 0.480 e. The van der Waals surface area contributed by atoms with Crippen molar-refractivity contribution in [3.8, 4) is 0 Å². The number of carboxylic acids is 1. The molecule has 1 unspecified atom stereocenters. The summed E-state index contributed by atoms with van der Waals surface area (Å²) >= 11 is 2.90. The Bertz CT molecular complexity index is 395. The van der Waals surface area contributed by atoms with Gasteiger partial charge in [-0.25, -0.2) is 0 Å². The minimum absolute atomic E-state index is 0.118. The number of aromatic nitrogens is 2. The van der Waals surface area contributed by atoms with Crippen LogP contribution in [0.2, 0.25) is 0 Å². The molecule has 2 N–H and O–H groups in total. The van der Waals surface area contributed by atoms with Gasteiger partial charge in [-0.3, -0.25) is 10.1 Å². The molecule has 0 aromatic carbocycles. The first-order valence-electron chi connectivity index (χ1n) is 5.27. The standard InChI is InChI=1S/C10H17N3O2S2/c1-6(2)11-10(4,8(14)15)5-16-9-13-12-7(3)17-9/h6,11H,5H2,1-4H3,(H,14,15). The topological polar surface area (TPSA) is 75.1 Å². The zero-order valence-electron chi connectivity index (χ0n) is 10.4. The molecule has 0 saturated carbocycles. The zero-order valence-corrected chi connectivity index (χ0v) is 12.0. The lowest BCUT2D eigenvalue weighted by Crippen LogP contribution is -2.54. The molecule has 0 spiro atoms. The van der Waals surface area contributed by atoms with Gasteiger partial charge in [-0.1, -0.05) is 23.1 Å². The predicted molar refractivity (Wildman–Crippen MR) is 69.7 cm³/mol. The van der Waals surface area contributed by atoms with E-state index in [0.717, 1.165) is 9.35 Å². The summed E-state index contributed by atoms with van der Waals surface area (Å²) in [7, 11) is 0. The molecule has 17 heavy (non-hydrogen) atoms. The molecule has 1 aromatic heterocycles. The molecule has 0 saturated heterocycles. The molecule has 1 aromatic rings. The Morgan fingerprint density at radius 2 is 2.24 bits per heavy atom. The van der Waals surface area contributed by atoms with E-state index in [4.69, 9.17) is 0 Å². The van der Waals surface area contributed by atoms with Gasteiger partial charge in [0.15, 0.2) is 4.34 Å². The molecule has 1 heterocycles. The van der Waals surface area contributed by atoms with Crippen LogP contribution in [0.15, 0.2) is 4.34 Å². The molecule has 1 atom stereocenters. The van der Waals surface area contributed by atoms with Gasteiger partial charge in [0.1, 0.15) is 10.5 Å². The molecule has 0 aliphatic heterocycles. The van der Waals surface area contributed by atoms with Crippen molar-refractivity contribution in [1.82, 2.24) is 15.5 Å². The summed E-state index contributed by atoms with van der Waals surface area (Å²) in [5, 5.41) is 21.1. The number of rotatable bonds is 6. The third-order valence-corrected chi connectivity index (χ3v) is 4.36. The first-order chi connectivity index (χ1) is 7.83. The van der Waals surface area contributed by atoms with E-state index in [9.17, 15) is 9.90 Å². The molecule has 0 fully saturated rings. The number of hydrogen-bond acceptors (Lipinski definition) is 6. The first-order valence-corrected chi connectivity index (χ1v) is 7.08. The maximum atomic E-state index is 11.3. The average molecular weight is 275 g/mol. The SMILES string of the molecule is Cc1nnc(SCC(C)(NC(C)C)C(=O)O)s1. The molecule has 0 aliphatic carbocycles. The normalized spacial score (nSPS) is 14.9. The summed E-state index contributed by atoms with van der Waals surface area (Å²) in [6.45, 7) is 7.43. The summed E-state index contributed by atoms with van der Waals surface area (Å²) in [4.78, 5) is 11.3. The van der Waals surface area contributed by atoms with Gasteiger partial charge in [-0.05, 0) is 27.7 Å². The number of thioether (sulfide) groups is 1. The number of hydrogen-bond donors (Lipinski definition) is 2. The quantitative estimate of drug-likeness (QED) is 0.771. The van der Waals surface area contributed by atoms with Crippen LogP contribution in [0, 0.1) is 6.92 Å². The van der Waals surface area contributed by atoms with Crippen LogP contribution in [-0.2, 0) is 4.79 Å². The highest BCUT2D eigenvalue weighted by Crippen LogP contribution is 2.25. The van der Waals surface area contributed by atoms with Crippen molar-refractivity contribution < 1.29 is 9.90 Å². The smallest absolute Gasteiger partial charge is 0.324 e. The van der Waals surface area contributed by atoms with E-state index in [-0.39, 0.29) is 6.04 Å². The lowest BCUT2D eigenvalue weighted by atomic mass is 10.1. The lowest BCUT2D eigenvalue weighted by Gasteiger charge is -2.27. The van der Waals surface area contributed by atoms with E-state index in [1.54, 1.807) is 6.92 Å². The van der Waals surface area contributed by atoms with Crippen LogP contribution in [0.3, 0.4) is 0 Å². The maximum Gasteiger partial charge on any atom is 0.324 e. The second kappa shape index (κ2) is 5.79. The van der Waals surface area contributed by atoms with Gasteiger partial charge >= 0.3 is 5.97 Å². The molecule has 0 radical (unpaired) electrons. The van der Waals surface area contributed by atoms with Crippen molar-refractivity contribution in [3.05, 3.63) is 5.01 Å². The Hall–Kier alpha value is -0.660. The Morgan fingerprint density at radius 3 is 2.65 bits per heavy atom. The molecule has 96 valence electrons. The number of aliphatic carboxylic acids is 1. The second-order valence-electron chi connectivity index (χ2n) is 4.31. The number of carboxylic acid groups (broad SMARTS) is 1. The zero-order chi connectivity index (χ0) is 13.1. The Balaban J connectivity index is 2.64. The highest BCUT2D eigenvalue weighted by Gasteiger charge is 2.33. The fourth-order valence-electron chi connectivity index (χ4n) is 1.35. The lowest BCUT2D eigenvalue weighted by molar-refractivity contribution is -0.143. The minimum atomic E-state index is -0.946. The van der Waals surface area contributed by atoms with Crippen molar-refractivity contribution in [2.45, 2.75) is 43.6 Å². The van der Waals surface area contributed by atoms with Crippen LogP contribution in [0.1, 0.15) is 25.8 Å². The summed E-state index contributed by atoms with van der Waals surface area (Å²) in [6.07, 6.45) is 0. The minimum Gasteiger partial charge on any atom is -0.480 e. The molecular formula is C10H17N3O2S2. The van der Waals surface area contributed by atoms with E-state index in [2.05, 4.69) is 15.5 Å². The summed E-state index contributed by atoms with van der Waals surface area (Å²) in [6, 6.07) is 0.118. The first kappa shape index (κ1) is 14.4. The molecule has 0 aliphatic rings. The van der Waals surface area contributed by atoms with Crippen LogP contribution in [-0.4, -0.2) is 38.6 Å². The number of nitrogens with zero attached hydrogens (tertiary/aromatic N) is 2. The second-order valence-corrected chi connectivity index (χ2v) is 6.72. The van der Waals surface area contributed by atoms with Gasteiger partial charge in [0.25, 0.3) is 0 Å². The van der Waals surface area contributed by atoms with E-state index in [1.165, 1.54) is 23.1 Å². The molecule has 0 bridgehead atoms. The predicted octanol–water partition coefficient (Wildman–Crippen LogP) is 1.78. The van der Waals surface area contributed by atoms with Gasteiger partial charge in [0.05, 0.1) is 0 Å². The maximum absolute atomic E-state index is 11.3. The third kappa shape index (κ3) is 4.25. The summed E-state index contributed by atoms with van der Waals surface area (Å²) in [5.41, 5.74) is -0.946. The van der Waals surface area contributed by atoms with Crippen LogP contribution in [0.5, 0.6) is 0 Å². The van der Waals surface area contributed by atoms with Crippen molar-refractivity contribution in [3.63, 3.8) is 0 Å². The molecule has 7 heteroatoms. The molecule has 1 rings (SSSR count). The van der Waals surface area contributed by atoms with Crippen LogP contribution in [0.4, 0.5) is 0 Å². The fraction of sp³-hybridized carbons (Fsp3) is 0.700. The van der Waals surface area contributed by atoms with Gasteiger partial charge in [0.2, 0.25) is 0 Å². The van der Waals surface area contributed by atoms with Gasteiger partial charge < -0.3 is 5.11 Å². The highest BCUT2D eigenvalue weighted by atomic mass is 32.2. The monoisotopic (exact) mass is 275 g/mol. The Labute approximate surface area is 109 Å². The average Bonchev–Trinajstić information content (AvgIpc) is 2.60. The van der Waals surface area contributed by atoms with Gasteiger partial charge in [-0.15, -0.1) is 10.2 Å². The summed E-state index contributed by atoms with van der Waals surface area (Å²) < 4.78 is 0.806. The molecule has 0 amide bonds. The number of carbonyl (C=O) groups is 1.